The molecule has 0 unspecified atom stereocenters. The minimum Gasteiger partial charge on any atom is -0.495 e. The molecule has 1 saturated heterocycles. The van der Waals surface area contributed by atoms with E-state index in [1.165, 1.54) is 11.4 Å². The molecular formula is C22H27ClN2O4S. The molecule has 1 N–H and O–H groups in total. The van der Waals surface area contributed by atoms with E-state index in [1.54, 1.807) is 24.3 Å². The summed E-state index contributed by atoms with van der Waals surface area (Å²) in [5.74, 6) is 0.0606. The van der Waals surface area contributed by atoms with Crippen molar-refractivity contribution < 1.29 is 17.9 Å². The summed E-state index contributed by atoms with van der Waals surface area (Å²) in [5, 5.41) is 3.68. The van der Waals surface area contributed by atoms with Gasteiger partial charge in [0.05, 0.1) is 13.2 Å². The highest BCUT2D eigenvalue weighted by molar-refractivity contribution is 7.89. The van der Waals surface area contributed by atoms with Crippen LogP contribution in [0.5, 0.6) is 5.75 Å². The Balaban J connectivity index is 1.63. The van der Waals surface area contributed by atoms with E-state index in [4.69, 9.17) is 16.3 Å². The van der Waals surface area contributed by atoms with E-state index >= 15 is 0 Å². The molecule has 1 heterocycles. The summed E-state index contributed by atoms with van der Waals surface area (Å²) in [6, 6.07) is 12.3. The predicted molar refractivity (Wildman–Crippen MR) is 117 cm³/mol. The van der Waals surface area contributed by atoms with Crippen LogP contribution in [0.15, 0.2) is 47.4 Å². The maximum Gasteiger partial charge on any atom is 0.246 e. The Morgan fingerprint density at radius 1 is 1.17 bits per heavy atom. The summed E-state index contributed by atoms with van der Waals surface area (Å²) < 4.78 is 32.9. The van der Waals surface area contributed by atoms with Crippen molar-refractivity contribution in [2.24, 2.45) is 5.92 Å². The number of halogens is 1. The van der Waals surface area contributed by atoms with E-state index in [0.29, 0.717) is 36.7 Å². The van der Waals surface area contributed by atoms with Gasteiger partial charge < -0.3 is 10.1 Å². The van der Waals surface area contributed by atoms with Gasteiger partial charge in [0, 0.05) is 24.0 Å². The highest BCUT2D eigenvalue weighted by atomic mass is 35.5. The number of hydrogen-bond donors (Lipinski definition) is 1. The number of sulfonamides is 1. The molecule has 1 atom stereocenters. The molecule has 0 aromatic heterocycles. The van der Waals surface area contributed by atoms with E-state index in [-0.39, 0.29) is 22.8 Å². The number of methoxy groups -OCH3 is 1. The number of benzene rings is 2. The standard InChI is InChI=1S/C22H27ClN2O4S/c1-15-4-9-20(29-3)21(14-15)30(27,28)25-12-10-18(11-13-25)22(26)24-16(2)17-5-7-19(23)8-6-17/h4-9,14,16,18H,10-13H2,1-3H3,(H,24,26)/t16-/m0/s1. The number of amides is 1. The first-order valence-electron chi connectivity index (χ1n) is 9.93. The number of aryl methyl sites for hydroxylation is 1. The molecule has 162 valence electrons. The monoisotopic (exact) mass is 450 g/mol. The number of nitrogens with one attached hydrogen (secondary N) is 1. The third-order valence-electron chi connectivity index (χ3n) is 5.49. The van der Waals surface area contributed by atoms with Crippen LogP contribution < -0.4 is 10.1 Å². The summed E-state index contributed by atoms with van der Waals surface area (Å²) >= 11 is 5.92. The molecule has 0 radical (unpaired) electrons. The number of nitrogens with zero attached hydrogens (tertiary/aromatic N) is 1. The molecule has 2 aromatic carbocycles. The molecule has 1 aliphatic rings. The van der Waals surface area contributed by atoms with Gasteiger partial charge in [-0.25, -0.2) is 8.42 Å². The highest BCUT2D eigenvalue weighted by Crippen LogP contribution is 2.30. The topological polar surface area (TPSA) is 75.7 Å². The van der Waals surface area contributed by atoms with Crippen LogP contribution in [0.1, 0.15) is 36.9 Å². The van der Waals surface area contributed by atoms with Gasteiger partial charge in [0.15, 0.2) is 0 Å². The first-order chi connectivity index (χ1) is 14.2. The van der Waals surface area contributed by atoms with Crippen LogP contribution in [0.3, 0.4) is 0 Å². The zero-order valence-electron chi connectivity index (χ0n) is 17.4. The molecule has 1 amide bonds. The van der Waals surface area contributed by atoms with Crippen LogP contribution >= 0.6 is 11.6 Å². The minimum atomic E-state index is -3.68. The molecule has 30 heavy (non-hydrogen) atoms. The van der Waals surface area contributed by atoms with Crippen LogP contribution in [0.4, 0.5) is 0 Å². The third kappa shape index (κ3) is 4.96. The third-order valence-corrected chi connectivity index (χ3v) is 7.66. The van der Waals surface area contributed by atoms with Crippen LogP contribution in [0.25, 0.3) is 0 Å². The van der Waals surface area contributed by atoms with E-state index in [0.717, 1.165) is 11.1 Å². The van der Waals surface area contributed by atoms with Crippen molar-refractivity contribution in [1.82, 2.24) is 9.62 Å². The molecular weight excluding hydrogens is 424 g/mol. The predicted octanol–water partition coefficient (Wildman–Crippen LogP) is 3.94. The minimum absolute atomic E-state index is 0.0531. The Labute approximate surface area is 183 Å². The lowest BCUT2D eigenvalue weighted by Gasteiger charge is -2.31. The molecule has 3 rings (SSSR count). The lowest BCUT2D eigenvalue weighted by molar-refractivity contribution is -0.126. The van der Waals surface area contributed by atoms with E-state index in [2.05, 4.69) is 5.32 Å². The SMILES string of the molecule is COc1ccc(C)cc1S(=O)(=O)N1CCC(C(=O)N[C@@H](C)c2ccc(Cl)cc2)CC1. The normalized spacial score (nSPS) is 16.8. The second-order valence-corrected chi connectivity index (χ2v) is 9.96. The average Bonchev–Trinajstić information content (AvgIpc) is 2.74. The van der Waals surface area contributed by atoms with Crippen molar-refractivity contribution in [3.63, 3.8) is 0 Å². The van der Waals surface area contributed by atoms with Crippen molar-refractivity contribution in [2.45, 2.75) is 37.6 Å². The largest absolute Gasteiger partial charge is 0.495 e. The molecule has 1 fully saturated rings. The molecule has 8 heteroatoms. The fraction of sp³-hybridized carbons (Fsp3) is 0.409. The number of ether oxygens (including phenoxy) is 1. The summed E-state index contributed by atoms with van der Waals surface area (Å²) in [5.41, 5.74) is 1.82. The maximum absolute atomic E-state index is 13.1. The summed E-state index contributed by atoms with van der Waals surface area (Å²) in [7, 11) is -2.22. The Kier molecular flexibility index (Phi) is 7.06. The quantitative estimate of drug-likeness (QED) is 0.723. The number of piperidine rings is 1. The Morgan fingerprint density at radius 3 is 2.40 bits per heavy atom. The van der Waals surface area contributed by atoms with Crippen LogP contribution in [-0.2, 0) is 14.8 Å². The first-order valence-corrected chi connectivity index (χ1v) is 11.7. The molecule has 0 bridgehead atoms. The Hall–Kier alpha value is -2.09. The van der Waals surface area contributed by atoms with Crippen molar-refractivity contribution >= 4 is 27.5 Å². The highest BCUT2D eigenvalue weighted by Gasteiger charge is 2.34. The smallest absolute Gasteiger partial charge is 0.246 e. The fourth-order valence-corrected chi connectivity index (χ4v) is 5.49. The van der Waals surface area contributed by atoms with Gasteiger partial charge in [-0.05, 0) is 62.1 Å². The number of hydrogen-bond acceptors (Lipinski definition) is 4. The van der Waals surface area contributed by atoms with Crippen molar-refractivity contribution in [2.75, 3.05) is 20.2 Å². The Bertz CT molecular complexity index is 1000. The van der Waals surface area contributed by atoms with Gasteiger partial charge in [-0.2, -0.15) is 4.31 Å². The van der Waals surface area contributed by atoms with Crippen molar-refractivity contribution in [3.05, 3.63) is 58.6 Å². The first kappa shape index (κ1) is 22.6. The van der Waals surface area contributed by atoms with Gasteiger partial charge in [-0.15, -0.1) is 0 Å². The molecule has 2 aromatic rings. The summed E-state index contributed by atoms with van der Waals surface area (Å²) in [4.78, 5) is 12.9. The second-order valence-electron chi connectivity index (χ2n) is 7.61. The van der Waals surface area contributed by atoms with Gasteiger partial charge in [-0.3, -0.25) is 4.79 Å². The van der Waals surface area contributed by atoms with Crippen LogP contribution in [-0.4, -0.2) is 38.8 Å². The summed E-state index contributed by atoms with van der Waals surface area (Å²) in [6.45, 7) is 4.36. The zero-order chi connectivity index (χ0) is 21.9. The van der Waals surface area contributed by atoms with Gasteiger partial charge in [-0.1, -0.05) is 29.8 Å². The van der Waals surface area contributed by atoms with Gasteiger partial charge in [0.1, 0.15) is 10.6 Å². The lowest BCUT2D eigenvalue weighted by Crippen LogP contribution is -2.43. The van der Waals surface area contributed by atoms with E-state index in [1.807, 2.05) is 32.0 Å². The van der Waals surface area contributed by atoms with Crippen LogP contribution in [0.2, 0.25) is 5.02 Å². The number of rotatable bonds is 6. The maximum atomic E-state index is 13.1. The molecule has 0 aliphatic carbocycles. The Morgan fingerprint density at radius 2 is 1.80 bits per heavy atom. The van der Waals surface area contributed by atoms with Gasteiger partial charge in [0.2, 0.25) is 15.9 Å². The summed E-state index contributed by atoms with van der Waals surface area (Å²) in [6.07, 6.45) is 0.957. The number of carbonyl (C=O) groups is 1. The number of carbonyl (C=O) groups excluding carboxylic acids is 1. The van der Waals surface area contributed by atoms with Crippen LogP contribution in [0, 0.1) is 12.8 Å². The molecule has 1 aliphatic heterocycles. The molecule has 0 spiro atoms. The molecule has 0 saturated carbocycles. The molecule has 6 nitrogen and oxygen atoms in total. The second kappa shape index (κ2) is 9.37. The van der Waals surface area contributed by atoms with Crippen molar-refractivity contribution in [1.29, 1.82) is 0 Å². The lowest BCUT2D eigenvalue weighted by atomic mass is 9.96. The van der Waals surface area contributed by atoms with E-state index < -0.39 is 10.0 Å². The van der Waals surface area contributed by atoms with Crippen molar-refractivity contribution in [3.8, 4) is 5.75 Å². The zero-order valence-corrected chi connectivity index (χ0v) is 19.0. The van der Waals surface area contributed by atoms with Gasteiger partial charge in [0.25, 0.3) is 0 Å². The van der Waals surface area contributed by atoms with Gasteiger partial charge >= 0.3 is 0 Å². The average molecular weight is 451 g/mol. The fourth-order valence-electron chi connectivity index (χ4n) is 3.65. The van der Waals surface area contributed by atoms with E-state index in [9.17, 15) is 13.2 Å².